The Morgan fingerprint density at radius 1 is 1.40 bits per heavy atom. The van der Waals surface area contributed by atoms with Crippen molar-refractivity contribution in [2.24, 2.45) is 5.73 Å². The van der Waals surface area contributed by atoms with Gasteiger partial charge in [0.15, 0.2) is 0 Å². The molecule has 0 bridgehead atoms. The van der Waals surface area contributed by atoms with Gasteiger partial charge in [-0.15, -0.1) is 0 Å². The van der Waals surface area contributed by atoms with Gasteiger partial charge in [0, 0.05) is 40.5 Å². The number of nitrogens with one attached hydrogen (secondary N) is 1. The van der Waals surface area contributed by atoms with Crippen LogP contribution in [0.5, 0.6) is 0 Å². The van der Waals surface area contributed by atoms with E-state index in [1.54, 1.807) is 0 Å². The Labute approximate surface area is 124 Å². The lowest BCUT2D eigenvalue weighted by atomic mass is 10.1. The number of benzene rings is 1. The van der Waals surface area contributed by atoms with Gasteiger partial charge in [-0.2, -0.15) is 11.8 Å². The van der Waals surface area contributed by atoms with E-state index in [-0.39, 0.29) is 5.91 Å². The van der Waals surface area contributed by atoms with Crippen LogP contribution < -0.4 is 16.0 Å². The van der Waals surface area contributed by atoms with Crippen LogP contribution in [0.25, 0.3) is 0 Å². The van der Waals surface area contributed by atoms with Crippen LogP contribution in [0.4, 0.5) is 11.4 Å². The second-order valence-electron chi connectivity index (χ2n) is 6.08. The number of hydrogen-bond donors (Lipinski definition) is 2. The maximum Gasteiger partial charge on any atom is 0.245 e. The van der Waals surface area contributed by atoms with Crippen LogP contribution in [-0.2, 0) is 4.79 Å². The smallest absolute Gasteiger partial charge is 0.245 e. The van der Waals surface area contributed by atoms with Gasteiger partial charge in [-0.05, 0) is 18.6 Å². The fourth-order valence-electron chi connectivity index (χ4n) is 2.75. The van der Waals surface area contributed by atoms with Gasteiger partial charge in [0.25, 0.3) is 0 Å². The van der Waals surface area contributed by atoms with Gasteiger partial charge < -0.3 is 16.0 Å². The van der Waals surface area contributed by atoms with Crippen LogP contribution in [0.3, 0.4) is 0 Å². The van der Waals surface area contributed by atoms with Crippen molar-refractivity contribution in [3.63, 3.8) is 0 Å². The Kier molecular flexibility index (Phi) is 3.42. The van der Waals surface area contributed by atoms with E-state index in [2.05, 4.69) is 36.2 Å². The van der Waals surface area contributed by atoms with Gasteiger partial charge in [0.1, 0.15) is 6.04 Å². The van der Waals surface area contributed by atoms with Crippen molar-refractivity contribution in [3.05, 3.63) is 23.8 Å². The Morgan fingerprint density at radius 3 is 3.00 bits per heavy atom. The Bertz CT molecular complexity index is 544. The molecule has 3 rings (SSSR count). The molecule has 1 saturated heterocycles. The lowest BCUT2D eigenvalue weighted by Crippen LogP contribution is -2.26. The number of fused-ring (bicyclic) bond motifs is 1. The third-order valence-corrected chi connectivity index (χ3v) is 5.49. The maximum atomic E-state index is 11.6. The molecule has 0 spiro atoms. The minimum atomic E-state index is -0.516. The van der Waals surface area contributed by atoms with Gasteiger partial charge in [-0.1, -0.05) is 19.9 Å². The number of hydrogen-bond acceptors (Lipinski definition) is 4. The first-order valence-corrected chi connectivity index (χ1v) is 8.04. The predicted octanol–water partition coefficient (Wildman–Crippen LogP) is 2.36. The summed E-state index contributed by atoms with van der Waals surface area (Å²) in [4.78, 5) is 14.0. The molecule has 108 valence electrons. The highest BCUT2D eigenvalue weighted by molar-refractivity contribution is 8.00. The molecule has 1 fully saturated rings. The molecule has 4 nitrogen and oxygen atoms in total. The minimum Gasteiger partial charge on any atom is -0.371 e. The van der Waals surface area contributed by atoms with Crippen LogP contribution >= 0.6 is 11.8 Å². The Hall–Kier alpha value is -1.20. The van der Waals surface area contributed by atoms with Crippen LogP contribution in [-0.4, -0.2) is 29.5 Å². The Balaban J connectivity index is 1.82. The number of nitrogens with zero attached hydrogens (tertiary/aromatic N) is 1. The molecule has 0 saturated carbocycles. The molecule has 0 aliphatic carbocycles. The fraction of sp³-hybridized carbons (Fsp3) is 0.533. The highest BCUT2D eigenvalue weighted by atomic mass is 32.2. The molecule has 3 N–H and O–H groups in total. The van der Waals surface area contributed by atoms with Crippen LogP contribution in [0.1, 0.15) is 31.9 Å². The summed E-state index contributed by atoms with van der Waals surface area (Å²) in [6.45, 7) is 6.72. The molecule has 1 aromatic rings. The number of thioether (sulfide) groups is 1. The fourth-order valence-corrected chi connectivity index (χ4v) is 3.85. The predicted molar refractivity (Wildman–Crippen MR) is 85.4 cm³/mol. The van der Waals surface area contributed by atoms with Gasteiger partial charge in [-0.3, -0.25) is 4.79 Å². The number of carbonyl (C=O) groups excluding carboxylic acids is 1. The third-order valence-electron chi connectivity index (χ3n) is 4.12. The summed E-state index contributed by atoms with van der Waals surface area (Å²) in [5.41, 5.74) is 8.80. The highest BCUT2D eigenvalue weighted by Gasteiger charge is 2.28. The molecule has 5 heteroatoms. The first-order chi connectivity index (χ1) is 9.46. The largest absolute Gasteiger partial charge is 0.371 e. The third kappa shape index (κ3) is 2.52. The topological polar surface area (TPSA) is 58.4 Å². The van der Waals surface area contributed by atoms with E-state index in [9.17, 15) is 4.79 Å². The number of anilines is 2. The van der Waals surface area contributed by atoms with Crippen LogP contribution in [0, 0.1) is 0 Å². The first-order valence-electron chi connectivity index (χ1n) is 7.06. The summed E-state index contributed by atoms with van der Waals surface area (Å²) in [6.07, 6.45) is 1.17. The first kappa shape index (κ1) is 13.8. The molecule has 2 aliphatic rings. The van der Waals surface area contributed by atoms with Crippen molar-refractivity contribution in [2.45, 2.75) is 31.1 Å². The summed E-state index contributed by atoms with van der Waals surface area (Å²) < 4.78 is 0.349. The monoisotopic (exact) mass is 291 g/mol. The second-order valence-corrected chi connectivity index (χ2v) is 7.89. The summed E-state index contributed by atoms with van der Waals surface area (Å²) in [7, 11) is 0. The lowest BCUT2D eigenvalue weighted by Gasteiger charge is -2.24. The molecule has 20 heavy (non-hydrogen) atoms. The van der Waals surface area contributed by atoms with E-state index in [1.165, 1.54) is 12.1 Å². The average molecular weight is 291 g/mol. The number of carbonyl (C=O) groups is 1. The maximum absolute atomic E-state index is 11.6. The van der Waals surface area contributed by atoms with Gasteiger partial charge in [0.2, 0.25) is 5.91 Å². The molecule has 0 aromatic heterocycles. The molecular weight excluding hydrogens is 270 g/mol. The van der Waals surface area contributed by atoms with Crippen molar-refractivity contribution in [1.82, 2.24) is 0 Å². The van der Waals surface area contributed by atoms with Crippen molar-refractivity contribution in [2.75, 3.05) is 29.1 Å². The summed E-state index contributed by atoms with van der Waals surface area (Å²) in [5.74, 6) is 1.03. The molecule has 1 amide bonds. The molecule has 0 radical (unpaired) electrons. The minimum absolute atomic E-state index is 0.107. The summed E-state index contributed by atoms with van der Waals surface area (Å²) in [5, 5.41) is 2.86. The molecule has 1 atom stereocenters. The van der Waals surface area contributed by atoms with E-state index in [1.807, 2.05) is 17.8 Å². The molecule has 2 aliphatic heterocycles. The van der Waals surface area contributed by atoms with E-state index in [0.29, 0.717) is 4.75 Å². The van der Waals surface area contributed by atoms with Crippen molar-refractivity contribution >= 4 is 29.0 Å². The zero-order chi connectivity index (χ0) is 14.3. The summed E-state index contributed by atoms with van der Waals surface area (Å²) in [6, 6.07) is 5.61. The van der Waals surface area contributed by atoms with Crippen molar-refractivity contribution in [3.8, 4) is 0 Å². The van der Waals surface area contributed by atoms with E-state index in [4.69, 9.17) is 5.73 Å². The molecular formula is C15H21N3OS. The van der Waals surface area contributed by atoms with Gasteiger partial charge in [-0.25, -0.2) is 0 Å². The van der Waals surface area contributed by atoms with Crippen molar-refractivity contribution < 1.29 is 4.79 Å². The lowest BCUT2D eigenvalue weighted by molar-refractivity contribution is -0.116. The van der Waals surface area contributed by atoms with E-state index >= 15 is 0 Å². The molecule has 1 unspecified atom stereocenters. The van der Waals surface area contributed by atoms with Gasteiger partial charge >= 0.3 is 0 Å². The number of amides is 1. The molecule has 2 heterocycles. The standard InChI is InChI=1S/C15H21N3OS/c1-15(2)5-6-18(7-8-20-15)10-3-4-11-12(9-10)17-14(19)13(11)16/h3-4,9,13H,5-8,16H2,1-2H3,(H,17,19). The van der Waals surface area contributed by atoms with Gasteiger partial charge in [0.05, 0.1) is 0 Å². The van der Waals surface area contributed by atoms with E-state index < -0.39 is 6.04 Å². The number of rotatable bonds is 1. The van der Waals surface area contributed by atoms with Crippen LogP contribution in [0.15, 0.2) is 18.2 Å². The normalized spacial score (nSPS) is 25.1. The SMILES string of the molecule is CC1(C)CCN(c2ccc3c(c2)NC(=O)C3N)CCS1. The average Bonchev–Trinajstić information content (AvgIpc) is 2.57. The zero-order valence-corrected chi connectivity index (χ0v) is 12.8. The van der Waals surface area contributed by atoms with Crippen molar-refractivity contribution in [1.29, 1.82) is 0 Å². The van der Waals surface area contributed by atoms with Crippen LogP contribution in [0.2, 0.25) is 0 Å². The quantitative estimate of drug-likeness (QED) is 0.834. The molecule has 1 aromatic carbocycles. The van der Waals surface area contributed by atoms with E-state index in [0.717, 1.165) is 30.1 Å². The summed E-state index contributed by atoms with van der Waals surface area (Å²) >= 11 is 2.03. The second kappa shape index (κ2) is 4.97. The Morgan fingerprint density at radius 2 is 2.20 bits per heavy atom. The highest BCUT2D eigenvalue weighted by Crippen LogP contribution is 2.35. The number of nitrogens with two attached hydrogens (primary N) is 1. The zero-order valence-electron chi connectivity index (χ0n) is 12.0.